The van der Waals surface area contributed by atoms with Crippen molar-refractivity contribution in [2.24, 2.45) is 5.92 Å². The molecule has 13 heteroatoms. The molecule has 0 saturated heterocycles. The average molecular weight is 738 g/mol. The number of benzene rings is 3. The first kappa shape index (κ1) is 35.5. The highest BCUT2D eigenvalue weighted by atomic mass is 35.5. The molecule has 2 N–H and O–H groups in total. The van der Waals surface area contributed by atoms with Crippen molar-refractivity contribution in [3.8, 4) is 5.69 Å². The number of hydrogen-bond donors (Lipinski definition) is 2. The van der Waals surface area contributed by atoms with Gasteiger partial charge in [-0.1, -0.05) is 91.8 Å². The number of amides is 2. The van der Waals surface area contributed by atoms with E-state index in [0.717, 1.165) is 36.9 Å². The van der Waals surface area contributed by atoms with Crippen LogP contribution in [0.5, 0.6) is 0 Å². The summed E-state index contributed by atoms with van der Waals surface area (Å²) in [5.41, 5.74) is 2.56. The molecule has 0 radical (unpaired) electrons. The van der Waals surface area contributed by atoms with Crippen molar-refractivity contribution in [2.45, 2.75) is 80.1 Å². The van der Waals surface area contributed by atoms with Crippen LogP contribution >= 0.6 is 46.6 Å². The number of halogens is 4. The Hall–Kier alpha value is -2.76. The van der Waals surface area contributed by atoms with Gasteiger partial charge < -0.3 is 5.32 Å². The molecule has 1 aliphatic rings. The third-order valence-corrected chi connectivity index (χ3v) is 12.2. The quantitative estimate of drug-likeness (QED) is 0.158. The van der Waals surface area contributed by atoms with Crippen LogP contribution in [0.2, 0.25) is 15.1 Å². The van der Waals surface area contributed by atoms with E-state index in [-0.39, 0.29) is 21.8 Å². The van der Waals surface area contributed by atoms with Gasteiger partial charge in [0, 0.05) is 27.9 Å². The minimum Gasteiger partial charge on any atom is -0.335 e. The smallest absolute Gasteiger partial charge is 0.328 e. The molecular formula is C34H36Cl3FN4O3S2. The Bertz CT molecular complexity index is 1860. The van der Waals surface area contributed by atoms with Gasteiger partial charge in [-0.3, -0.25) is 4.57 Å². The minimum absolute atomic E-state index is 0.116. The lowest BCUT2D eigenvalue weighted by Crippen LogP contribution is -2.46. The zero-order valence-electron chi connectivity index (χ0n) is 26.2. The van der Waals surface area contributed by atoms with Crippen LogP contribution in [0.4, 0.5) is 9.18 Å². The number of imidazole rings is 1. The highest BCUT2D eigenvalue weighted by Crippen LogP contribution is 2.39. The van der Waals surface area contributed by atoms with Crippen LogP contribution in [0.1, 0.15) is 69.7 Å². The summed E-state index contributed by atoms with van der Waals surface area (Å²) in [6, 6.07) is 15.1. The average Bonchev–Trinajstić information content (AvgIpc) is 3.47. The van der Waals surface area contributed by atoms with Crippen LogP contribution in [-0.4, -0.2) is 30.0 Å². The van der Waals surface area contributed by atoms with Gasteiger partial charge >= 0.3 is 6.03 Å². The van der Waals surface area contributed by atoms with E-state index in [9.17, 15) is 17.6 Å². The number of aromatic nitrogens is 2. The first-order chi connectivity index (χ1) is 22.3. The fourth-order valence-electron chi connectivity index (χ4n) is 5.87. The van der Waals surface area contributed by atoms with Gasteiger partial charge in [0.1, 0.15) is 5.82 Å². The van der Waals surface area contributed by atoms with Gasteiger partial charge in [0.15, 0.2) is 5.16 Å². The highest BCUT2D eigenvalue weighted by Gasteiger charge is 2.30. The first-order valence-corrected chi connectivity index (χ1v) is 18.9. The lowest BCUT2D eigenvalue weighted by atomic mass is 9.81. The van der Waals surface area contributed by atoms with Crippen LogP contribution in [0.3, 0.4) is 0 Å². The van der Waals surface area contributed by atoms with Crippen LogP contribution in [0.15, 0.2) is 76.9 Å². The van der Waals surface area contributed by atoms with Crippen LogP contribution in [0, 0.1) is 11.7 Å². The van der Waals surface area contributed by atoms with Gasteiger partial charge in [0.25, 0.3) is 10.0 Å². The van der Waals surface area contributed by atoms with E-state index in [1.54, 1.807) is 30.5 Å². The molecule has 2 amide bonds. The molecule has 1 saturated carbocycles. The third-order valence-electron chi connectivity index (χ3n) is 8.73. The van der Waals surface area contributed by atoms with Gasteiger partial charge in [0.2, 0.25) is 0 Å². The van der Waals surface area contributed by atoms with Gasteiger partial charge in [-0.15, -0.1) is 0 Å². The SMILES string of the molecule is CC(NC(=O)NS(=O)(=O)c1ccc(CSc2ncc(C(C)(C)c3ccc(Cl)c(Cl)c3)n2-c2ccc(F)cc2)c(Cl)c1)C1CCCCC1. The Kier molecular flexibility index (Phi) is 11.2. The number of carbonyl (C=O) groups excluding carboxylic acids is 1. The molecule has 1 aromatic heterocycles. The number of nitrogens with zero attached hydrogens (tertiary/aromatic N) is 2. The minimum atomic E-state index is -4.15. The molecule has 3 aromatic carbocycles. The lowest BCUT2D eigenvalue weighted by Gasteiger charge is -2.28. The zero-order chi connectivity index (χ0) is 33.9. The van der Waals surface area contributed by atoms with Crippen molar-refractivity contribution in [3.05, 3.63) is 105 Å². The predicted octanol–water partition coefficient (Wildman–Crippen LogP) is 9.55. The second-order valence-electron chi connectivity index (χ2n) is 12.3. The summed E-state index contributed by atoms with van der Waals surface area (Å²) in [7, 11) is -4.15. The van der Waals surface area contributed by atoms with Crippen molar-refractivity contribution < 1.29 is 17.6 Å². The third kappa shape index (κ3) is 8.28. The van der Waals surface area contributed by atoms with E-state index in [1.807, 2.05) is 37.5 Å². The van der Waals surface area contributed by atoms with Crippen molar-refractivity contribution in [1.82, 2.24) is 19.6 Å². The van der Waals surface area contributed by atoms with Crippen molar-refractivity contribution in [1.29, 1.82) is 0 Å². The Morgan fingerprint density at radius 1 is 1.00 bits per heavy atom. The normalized spacial score (nSPS) is 15.0. The molecule has 1 unspecified atom stereocenters. The largest absolute Gasteiger partial charge is 0.335 e. The summed E-state index contributed by atoms with van der Waals surface area (Å²) in [5.74, 6) is 0.331. The molecular weight excluding hydrogens is 702 g/mol. The molecule has 1 fully saturated rings. The van der Waals surface area contributed by atoms with Crippen LogP contribution in [-0.2, 0) is 21.2 Å². The fourth-order valence-corrected chi connectivity index (χ4v) is 8.50. The second-order valence-corrected chi connectivity index (χ2v) is 16.1. The number of urea groups is 1. The monoisotopic (exact) mass is 736 g/mol. The molecule has 0 bridgehead atoms. The maximum absolute atomic E-state index is 13.9. The van der Waals surface area contributed by atoms with Crippen molar-refractivity contribution in [2.75, 3.05) is 0 Å². The first-order valence-electron chi connectivity index (χ1n) is 15.3. The summed E-state index contributed by atoms with van der Waals surface area (Å²) < 4.78 is 44.0. The van der Waals surface area contributed by atoms with Gasteiger partial charge in [-0.05, 0) is 85.3 Å². The molecule has 250 valence electrons. The Labute approximate surface area is 294 Å². The molecule has 1 aliphatic carbocycles. The van der Waals surface area contributed by atoms with E-state index in [2.05, 4.69) is 10.0 Å². The number of rotatable bonds is 10. The fraction of sp³-hybridized carbons (Fsp3) is 0.353. The molecule has 1 heterocycles. The van der Waals surface area contributed by atoms with Crippen molar-refractivity contribution >= 4 is 62.6 Å². The number of carbonyl (C=O) groups is 1. The standard InChI is InChI=1S/C34H36Cl3FN4O3S2/c1-21(22-7-5-4-6-8-22)40-32(43)41-47(44,45)27-15-9-23(29(36)18-27)20-46-33-39-19-31(42(33)26-13-11-25(38)12-14-26)34(2,3)24-10-16-28(35)30(37)17-24/h9-19,21-22H,4-8,20H2,1-3H3,(H2,40,41,43). The van der Waals surface area contributed by atoms with E-state index < -0.39 is 21.5 Å². The highest BCUT2D eigenvalue weighted by molar-refractivity contribution is 7.98. The lowest BCUT2D eigenvalue weighted by molar-refractivity contribution is 0.229. The molecule has 0 spiro atoms. The van der Waals surface area contributed by atoms with Gasteiger partial charge in [-0.25, -0.2) is 27.3 Å². The van der Waals surface area contributed by atoms with E-state index in [0.29, 0.717) is 38.1 Å². The topological polar surface area (TPSA) is 93.1 Å². The zero-order valence-corrected chi connectivity index (χ0v) is 30.1. The van der Waals surface area contributed by atoms with E-state index in [4.69, 9.17) is 39.8 Å². The second kappa shape index (κ2) is 14.8. The predicted molar refractivity (Wildman–Crippen MR) is 188 cm³/mol. The maximum atomic E-state index is 13.9. The summed E-state index contributed by atoms with van der Waals surface area (Å²) >= 11 is 20.5. The number of sulfonamides is 1. The number of thioether (sulfide) groups is 1. The van der Waals surface area contributed by atoms with E-state index >= 15 is 0 Å². The molecule has 7 nitrogen and oxygen atoms in total. The molecule has 47 heavy (non-hydrogen) atoms. The number of hydrogen-bond acceptors (Lipinski definition) is 5. The summed E-state index contributed by atoms with van der Waals surface area (Å²) in [4.78, 5) is 17.2. The number of nitrogens with one attached hydrogen (secondary N) is 2. The molecule has 5 rings (SSSR count). The van der Waals surface area contributed by atoms with Gasteiger partial charge in [0.05, 0.1) is 26.8 Å². The Morgan fingerprint density at radius 3 is 2.36 bits per heavy atom. The van der Waals surface area contributed by atoms with E-state index in [1.165, 1.54) is 42.4 Å². The summed E-state index contributed by atoms with van der Waals surface area (Å²) in [5, 5.41) is 4.52. The van der Waals surface area contributed by atoms with Crippen LogP contribution < -0.4 is 10.0 Å². The summed E-state index contributed by atoms with van der Waals surface area (Å²) in [6.45, 7) is 5.99. The maximum Gasteiger partial charge on any atom is 0.328 e. The summed E-state index contributed by atoms with van der Waals surface area (Å²) in [6.07, 6.45) is 7.23. The van der Waals surface area contributed by atoms with Gasteiger partial charge in [-0.2, -0.15) is 0 Å². The Morgan fingerprint density at radius 2 is 1.70 bits per heavy atom. The molecule has 0 aliphatic heterocycles. The Balaban J connectivity index is 1.35. The molecule has 1 atom stereocenters. The van der Waals surface area contributed by atoms with Crippen molar-refractivity contribution in [3.63, 3.8) is 0 Å². The molecule has 4 aromatic rings. The van der Waals surface area contributed by atoms with Crippen LogP contribution in [0.25, 0.3) is 5.69 Å².